The van der Waals surface area contributed by atoms with E-state index in [0.717, 1.165) is 81.6 Å². The molecule has 2 aliphatic rings. The Bertz CT molecular complexity index is 2230. The molecule has 2 aromatic carbocycles. The quantitative estimate of drug-likeness (QED) is 0.159. The zero-order valence-electron chi connectivity index (χ0n) is 28.1. The number of fused-ring (bicyclic) bond motifs is 2. The predicted molar refractivity (Wildman–Crippen MR) is 192 cm³/mol. The summed E-state index contributed by atoms with van der Waals surface area (Å²) in [5.74, 6) is 0.154. The molecule has 2 saturated heterocycles. The number of rotatable bonds is 9. The number of carboxylic acid groups (broad SMARTS) is 1. The molecular weight excluding hydrogens is 630 g/mol. The first-order chi connectivity index (χ1) is 24.3. The standard InChI is InChI=1S/C39H39N7O4/c1-23-30(5-3-7-32(23)37-44-34-16-26(18-42-38(34)50-37)20-45-13-10-28(21-45)39(48)49)31-6-4-8-33(24(31)2)43-36-35-27(9-12-40-36)15-25(17-41-35)19-46-14-11-29(47)22-46/h3-9,12,15-18,28-29,47H,10-11,13-14,19-22H2,1-2H3,(H,40,43)(H,48,49)/t28-,29-/m1/s1. The van der Waals surface area contributed by atoms with Crippen LogP contribution >= 0.6 is 0 Å². The molecule has 50 heavy (non-hydrogen) atoms. The molecule has 4 aromatic heterocycles. The smallest absolute Gasteiger partial charge is 0.307 e. The summed E-state index contributed by atoms with van der Waals surface area (Å²) in [6, 6.07) is 18.5. The third-order valence-electron chi connectivity index (χ3n) is 10.1. The fraction of sp³-hybridized carbons (Fsp3) is 0.308. The minimum absolute atomic E-state index is 0.245. The maximum absolute atomic E-state index is 11.4. The van der Waals surface area contributed by atoms with Gasteiger partial charge in [-0.1, -0.05) is 24.3 Å². The first kappa shape index (κ1) is 32.0. The van der Waals surface area contributed by atoms with Gasteiger partial charge >= 0.3 is 5.97 Å². The van der Waals surface area contributed by atoms with Gasteiger partial charge in [-0.2, -0.15) is 0 Å². The molecule has 6 aromatic rings. The van der Waals surface area contributed by atoms with E-state index in [4.69, 9.17) is 14.4 Å². The number of carbonyl (C=O) groups is 1. The summed E-state index contributed by atoms with van der Waals surface area (Å²) in [6.45, 7) is 8.47. The Balaban J connectivity index is 1.04. The van der Waals surface area contributed by atoms with E-state index in [9.17, 15) is 15.0 Å². The molecule has 254 valence electrons. The highest BCUT2D eigenvalue weighted by Crippen LogP contribution is 2.37. The van der Waals surface area contributed by atoms with Gasteiger partial charge < -0.3 is 19.9 Å². The van der Waals surface area contributed by atoms with Crippen LogP contribution in [0.25, 0.3) is 44.7 Å². The number of aromatic nitrogens is 4. The number of hydrogen-bond donors (Lipinski definition) is 3. The molecule has 2 fully saturated rings. The van der Waals surface area contributed by atoms with Gasteiger partial charge in [-0.05, 0) is 96.9 Å². The average Bonchev–Trinajstić information content (AvgIpc) is 3.86. The molecule has 0 unspecified atom stereocenters. The van der Waals surface area contributed by atoms with E-state index in [2.05, 4.69) is 63.2 Å². The van der Waals surface area contributed by atoms with Crippen molar-refractivity contribution in [2.24, 2.45) is 5.92 Å². The van der Waals surface area contributed by atoms with Gasteiger partial charge in [-0.25, -0.2) is 15.0 Å². The van der Waals surface area contributed by atoms with Gasteiger partial charge in [0.15, 0.2) is 5.82 Å². The van der Waals surface area contributed by atoms with Crippen LogP contribution in [0.3, 0.4) is 0 Å². The van der Waals surface area contributed by atoms with Gasteiger partial charge in [0, 0.05) is 68.0 Å². The second-order valence-electron chi connectivity index (χ2n) is 13.6. The third-order valence-corrected chi connectivity index (χ3v) is 10.1. The average molecular weight is 670 g/mol. The Kier molecular flexibility index (Phi) is 8.47. The number of nitrogens with zero attached hydrogens (tertiary/aromatic N) is 6. The van der Waals surface area contributed by atoms with Crippen molar-refractivity contribution in [2.75, 3.05) is 31.5 Å². The Morgan fingerprint density at radius 3 is 2.38 bits per heavy atom. The molecule has 11 nitrogen and oxygen atoms in total. The van der Waals surface area contributed by atoms with Crippen molar-refractivity contribution in [1.29, 1.82) is 0 Å². The summed E-state index contributed by atoms with van der Waals surface area (Å²) < 4.78 is 6.17. The third kappa shape index (κ3) is 6.31. The Morgan fingerprint density at radius 1 is 0.880 bits per heavy atom. The minimum Gasteiger partial charge on any atom is -0.481 e. The summed E-state index contributed by atoms with van der Waals surface area (Å²) in [5, 5.41) is 23.8. The molecule has 0 bridgehead atoms. The molecule has 3 N–H and O–H groups in total. The lowest BCUT2D eigenvalue weighted by Crippen LogP contribution is -2.22. The first-order valence-corrected chi connectivity index (χ1v) is 17.1. The van der Waals surface area contributed by atoms with E-state index >= 15 is 0 Å². The monoisotopic (exact) mass is 669 g/mol. The number of benzene rings is 2. The van der Waals surface area contributed by atoms with E-state index < -0.39 is 5.97 Å². The molecule has 6 heterocycles. The van der Waals surface area contributed by atoms with E-state index in [1.165, 1.54) is 0 Å². The Hall–Kier alpha value is -5.23. The number of carboxylic acids is 1. The maximum Gasteiger partial charge on any atom is 0.307 e. The van der Waals surface area contributed by atoms with Crippen molar-refractivity contribution in [1.82, 2.24) is 29.7 Å². The number of anilines is 2. The number of hydrogen-bond acceptors (Lipinski definition) is 10. The summed E-state index contributed by atoms with van der Waals surface area (Å²) in [7, 11) is 0. The van der Waals surface area contributed by atoms with Crippen molar-refractivity contribution in [3.05, 3.63) is 95.4 Å². The fourth-order valence-electron chi connectivity index (χ4n) is 7.35. The number of aliphatic hydroxyl groups excluding tert-OH is 1. The zero-order chi connectivity index (χ0) is 34.4. The SMILES string of the molecule is Cc1c(Nc2nccc3cc(CN4CC[C@@H](O)C4)cnc23)cccc1-c1cccc(-c2nc3cc(CN4CC[C@@H](C(=O)O)C4)cnc3o2)c1C. The normalized spacial score (nSPS) is 18.4. The van der Waals surface area contributed by atoms with Crippen LogP contribution in [0.1, 0.15) is 35.1 Å². The number of aliphatic carboxylic acids is 1. The molecular formula is C39H39N7O4. The number of pyridine rings is 3. The summed E-state index contributed by atoms with van der Waals surface area (Å²) in [5.41, 5.74) is 10.2. The molecule has 2 atom stereocenters. The van der Waals surface area contributed by atoms with Crippen LogP contribution in [0.5, 0.6) is 0 Å². The van der Waals surface area contributed by atoms with Crippen LogP contribution in [-0.2, 0) is 17.9 Å². The molecule has 0 spiro atoms. The van der Waals surface area contributed by atoms with Gasteiger partial charge in [0.1, 0.15) is 11.0 Å². The maximum atomic E-state index is 11.4. The molecule has 0 amide bonds. The second kappa shape index (κ2) is 13.2. The highest BCUT2D eigenvalue weighted by molar-refractivity contribution is 5.91. The van der Waals surface area contributed by atoms with Crippen molar-refractivity contribution in [3.63, 3.8) is 0 Å². The van der Waals surface area contributed by atoms with Gasteiger partial charge in [0.2, 0.25) is 11.6 Å². The van der Waals surface area contributed by atoms with Crippen LogP contribution in [0.4, 0.5) is 11.5 Å². The predicted octanol–water partition coefficient (Wildman–Crippen LogP) is 6.33. The summed E-state index contributed by atoms with van der Waals surface area (Å²) >= 11 is 0. The van der Waals surface area contributed by atoms with E-state index in [0.29, 0.717) is 49.0 Å². The molecule has 0 aliphatic carbocycles. The van der Waals surface area contributed by atoms with Crippen LogP contribution in [0.2, 0.25) is 0 Å². The number of likely N-dealkylation sites (tertiary alicyclic amines) is 2. The number of aliphatic hydroxyl groups is 1. The number of β-amino-alcohol motifs (C(OH)–C–C–N with tert-alkyl or cyclic N) is 1. The molecule has 8 rings (SSSR count). The van der Waals surface area contributed by atoms with Crippen molar-refractivity contribution in [2.45, 2.75) is 45.9 Å². The van der Waals surface area contributed by atoms with Crippen molar-refractivity contribution < 1.29 is 19.4 Å². The Morgan fingerprint density at radius 2 is 1.60 bits per heavy atom. The van der Waals surface area contributed by atoms with Crippen LogP contribution in [0.15, 0.2) is 77.6 Å². The molecule has 2 aliphatic heterocycles. The van der Waals surface area contributed by atoms with Gasteiger partial charge in [-0.15, -0.1) is 0 Å². The molecule has 0 radical (unpaired) electrons. The van der Waals surface area contributed by atoms with Crippen LogP contribution < -0.4 is 5.32 Å². The first-order valence-electron chi connectivity index (χ1n) is 17.1. The van der Waals surface area contributed by atoms with Gasteiger partial charge in [0.25, 0.3) is 0 Å². The fourth-order valence-corrected chi connectivity index (χ4v) is 7.35. The van der Waals surface area contributed by atoms with E-state index in [-0.39, 0.29) is 12.0 Å². The summed E-state index contributed by atoms with van der Waals surface area (Å²) in [4.78, 5) is 34.6. The topological polar surface area (TPSA) is 141 Å². The van der Waals surface area contributed by atoms with E-state index in [1.54, 1.807) is 6.20 Å². The molecule has 11 heteroatoms. The number of nitrogens with one attached hydrogen (secondary N) is 1. The van der Waals surface area contributed by atoms with Crippen LogP contribution in [-0.4, -0.2) is 78.2 Å². The van der Waals surface area contributed by atoms with Crippen LogP contribution in [0, 0.1) is 19.8 Å². The Labute approximate surface area is 289 Å². The zero-order valence-corrected chi connectivity index (χ0v) is 28.1. The highest BCUT2D eigenvalue weighted by Gasteiger charge is 2.28. The largest absolute Gasteiger partial charge is 0.481 e. The van der Waals surface area contributed by atoms with E-state index in [1.807, 2.05) is 42.7 Å². The minimum atomic E-state index is -0.734. The lowest BCUT2D eigenvalue weighted by molar-refractivity contribution is -0.141. The summed E-state index contributed by atoms with van der Waals surface area (Å²) in [6.07, 6.45) is 6.74. The van der Waals surface area contributed by atoms with Gasteiger partial charge in [-0.3, -0.25) is 19.6 Å². The highest BCUT2D eigenvalue weighted by atomic mass is 16.4. The second-order valence-corrected chi connectivity index (χ2v) is 13.6. The van der Waals surface area contributed by atoms with Crippen molar-refractivity contribution in [3.8, 4) is 22.6 Å². The lowest BCUT2D eigenvalue weighted by atomic mass is 9.93. The van der Waals surface area contributed by atoms with Crippen molar-refractivity contribution >= 4 is 39.6 Å². The molecule has 0 saturated carbocycles. The number of oxazole rings is 1. The lowest BCUT2D eigenvalue weighted by Gasteiger charge is -2.17. The van der Waals surface area contributed by atoms with Gasteiger partial charge in [0.05, 0.1) is 12.0 Å².